The van der Waals surface area contributed by atoms with Crippen LogP contribution in [0.3, 0.4) is 0 Å². The van der Waals surface area contributed by atoms with E-state index in [0.717, 1.165) is 36.1 Å². The Bertz CT molecular complexity index is 826. The van der Waals surface area contributed by atoms with E-state index in [1.165, 1.54) is 24.7 Å². The number of methoxy groups -OCH3 is 1. The van der Waals surface area contributed by atoms with Crippen LogP contribution in [-0.4, -0.2) is 31.4 Å². The number of carbonyl (C=O) groups excluding carboxylic acids is 3. The van der Waals surface area contributed by atoms with Crippen molar-refractivity contribution in [3.8, 4) is 0 Å². The van der Waals surface area contributed by atoms with Crippen LogP contribution in [0.1, 0.15) is 57.0 Å². The quantitative estimate of drug-likeness (QED) is 0.559. The number of fused-ring (bicyclic) bond motifs is 1. The molecule has 2 N–H and O–H groups in total. The van der Waals surface area contributed by atoms with Crippen molar-refractivity contribution in [1.82, 2.24) is 5.32 Å². The molecule has 0 aromatic carbocycles. The number of hydrogen-bond acceptors (Lipinski definition) is 6. The van der Waals surface area contributed by atoms with Crippen LogP contribution in [0.5, 0.6) is 0 Å². The van der Waals surface area contributed by atoms with Crippen molar-refractivity contribution in [2.24, 2.45) is 0 Å². The van der Waals surface area contributed by atoms with Crippen LogP contribution in [0.25, 0.3) is 0 Å². The van der Waals surface area contributed by atoms with Gasteiger partial charge in [-0.25, -0.2) is 4.79 Å². The summed E-state index contributed by atoms with van der Waals surface area (Å²) in [6, 6.07) is 3.22. The van der Waals surface area contributed by atoms with E-state index in [9.17, 15) is 14.4 Å². The number of nitrogens with one attached hydrogen (secondary N) is 2. The average Bonchev–Trinajstić information content (AvgIpc) is 3.32. The zero-order valence-corrected chi connectivity index (χ0v) is 15.9. The van der Waals surface area contributed by atoms with Crippen LogP contribution in [0.15, 0.2) is 22.8 Å². The smallest absolute Gasteiger partial charge is 0.341 e. The van der Waals surface area contributed by atoms with E-state index >= 15 is 0 Å². The lowest BCUT2D eigenvalue weighted by molar-refractivity contribution is -0.116. The predicted octanol–water partition coefficient (Wildman–Crippen LogP) is 3.16. The first-order valence-corrected chi connectivity index (χ1v) is 9.76. The third kappa shape index (κ3) is 4.57. The highest BCUT2D eigenvalue weighted by molar-refractivity contribution is 7.17. The molecule has 0 aliphatic heterocycles. The number of esters is 1. The third-order valence-electron chi connectivity index (χ3n) is 4.42. The molecule has 3 rings (SSSR count). The zero-order valence-electron chi connectivity index (χ0n) is 15.1. The minimum Gasteiger partial charge on any atom is -0.465 e. The summed E-state index contributed by atoms with van der Waals surface area (Å²) in [7, 11) is 1.35. The molecule has 8 heteroatoms. The van der Waals surface area contributed by atoms with Crippen LogP contribution < -0.4 is 10.6 Å². The maximum Gasteiger partial charge on any atom is 0.341 e. The number of hydrogen-bond donors (Lipinski definition) is 2. The van der Waals surface area contributed by atoms with Gasteiger partial charge in [0.15, 0.2) is 5.76 Å². The third-order valence-corrected chi connectivity index (χ3v) is 5.63. The molecule has 0 saturated heterocycles. The van der Waals surface area contributed by atoms with Gasteiger partial charge < -0.3 is 19.8 Å². The first-order valence-electron chi connectivity index (χ1n) is 8.94. The summed E-state index contributed by atoms with van der Waals surface area (Å²) in [5, 5.41) is 6.11. The lowest BCUT2D eigenvalue weighted by Crippen LogP contribution is -2.25. The van der Waals surface area contributed by atoms with Crippen LogP contribution >= 0.6 is 11.3 Å². The summed E-state index contributed by atoms with van der Waals surface area (Å²) < 4.78 is 9.91. The molecule has 27 heavy (non-hydrogen) atoms. The maximum absolute atomic E-state index is 12.3. The summed E-state index contributed by atoms with van der Waals surface area (Å²) in [6.07, 6.45) is 6.05. The van der Waals surface area contributed by atoms with Gasteiger partial charge in [0.2, 0.25) is 5.91 Å². The van der Waals surface area contributed by atoms with Crippen molar-refractivity contribution in [3.63, 3.8) is 0 Å². The Labute approximate surface area is 161 Å². The molecule has 2 amide bonds. The average molecular weight is 390 g/mol. The Morgan fingerprint density at radius 1 is 1.26 bits per heavy atom. The Balaban J connectivity index is 1.54. The maximum atomic E-state index is 12.3. The second-order valence-electron chi connectivity index (χ2n) is 6.29. The highest BCUT2D eigenvalue weighted by Gasteiger charge is 2.26. The van der Waals surface area contributed by atoms with E-state index < -0.39 is 5.97 Å². The van der Waals surface area contributed by atoms with Gasteiger partial charge in [-0.15, -0.1) is 11.3 Å². The highest BCUT2D eigenvalue weighted by atomic mass is 32.1. The molecule has 0 bridgehead atoms. The fourth-order valence-electron chi connectivity index (χ4n) is 3.11. The van der Waals surface area contributed by atoms with E-state index in [1.807, 2.05) is 0 Å². The topological polar surface area (TPSA) is 97.6 Å². The van der Waals surface area contributed by atoms with Crippen molar-refractivity contribution >= 4 is 34.1 Å². The fourth-order valence-corrected chi connectivity index (χ4v) is 4.40. The monoisotopic (exact) mass is 390 g/mol. The van der Waals surface area contributed by atoms with Gasteiger partial charge in [0.25, 0.3) is 5.91 Å². The summed E-state index contributed by atoms with van der Waals surface area (Å²) in [5.74, 6) is -0.660. The number of ether oxygens (including phenoxy) is 1. The van der Waals surface area contributed by atoms with Gasteiger partial charge in [-0.2, -0.15) is 0 Å². The Kier molecular flexibility index (Phi) is 6.28. The number of amides is 2. The molecule has 2 aromatic rings. The first-order chi connectivity index (χ1) is 13.1. The van der Waals surface area contributed by atoms with Crippen molar-refractivity contribution in [1.29, 1.82) is 0 Å². The van der Waals surface area contributed by atoms with Crippen LogP contribution in [-0.2, 0) is 22.4 Å². The van der Waals surface area contributed by atoms with Gasteiger partial charge in [0.1, 0.15) is 5.00 Å². The van der Waals surface area contributed by atoms with Crippen LogP contribution in [0, 0.1) is 0 Å². The van der Waals surface area contributed by atoms with Crippen molar-refractivity contribution in [3.05, 3.63) is 40.2 Å². The van der Waals surface area contributed by atoms with E-state index in [4.69, 9.17) is 9.15 Å². The van der Waals surface area contributed by atoms with Crippen LogP contribution in [0.2, 0.25) is 0 Å². The molecule has 0 unspecified atom stereocenters. The molecular formula is C19H22N2O5S. The molecular weight excluding hydrogens is 368 g/mol. The molecule has 7 nitrogen and oxygen atoms in total. The molecule has 0 saturated carbocycles. The summed E-state index contributed by atoms with van der Waals surface area (Å²) in [6.45, 7) is 0.359. The number of anilines is 1. The van der Waals surface area contributed by atoms with E-state index in [2.05, 4.69) is 10.6 Å². The highest BCUT2D eigenvalue weighted by Crippen LogP contribution is 2.38. The second kappa shape index (κ2) is 8.85. The number of furan rings is 1. The summed E-state index contributed by atoms with van der Waals surface area (Å²) in [4.78, 5) is 37.4. The zero-order chi connectivity index (χ0) is 19.2. The lowest BCUT2D eigenvalue weighted by Gasteiger charge is -2.11. The summed E-state index contributed by atoms with van der Waals surface area (Å²) in [5.41, 5.74) is 1.51. The number of aryl methyl sites for hydroxylation is 1. The van der Waals surface area contributed by atoms with Crippen molar-refractivity contribution in [2.45, 2.75) is 38.5 Å². The van der Waals surface area contributed by atoms with Gasteiger partial charge in [0, 0.05) is 17.8 Å². The van der Waals surface area contributed by atoms with Gasteiger partial charge in [-0.3, -0.25) is 9.59 Å². The Morgan fingerprint density at radius 2 is 2.07 bits per heavy atom. The number of rotatable bonds is 7. The Morgan fingerprint density at radius 3 is 2.81 bits per heavy atom. The SMILES string of the molecule is COC(=O)c1c(NC(=O)CCCNC(=O)c2ccco2)sc2c1CCCC2. The molecule has 2 aromatic heterocycles. The van der Waals surface area contributed by atoms with E-state index in [1.54, 1.807) is 12.1 Å². The molecule has 144 valence electrons. The molecule has 0 spiro atoms. The van der Waals surface area contributed by atoms with Crippen molar-refractivity contribution < 1.29 is 23.5 Å². The lowest BCUT2D eigenvalue weighted by atomic mass is 9.95. The van der Waals surface area contributed by atoms with E-state index in [0.29, 0.717) is 23.5 Å². The molecule has 1 aliphatic carbocycles. The predicted molar refractivity (Wildman–Crippen MR) is 101 cm³/mol. The largest absolute Gasteiger partial charge is 0.465 e. The molecule has 2 heterocycles. The normalized spacial score (nSPS) is 12.9. The van der Waals surface area contributed by atoms with Gasteiger partial charge in [-0.05, 0) is 49.8 Å². The minimum atomic E-state index is -0.407. The molecule has 0 fully saturated rings. The second-order valence-corrected chi connectivity index (χ2v) is 7.40. The minimum absolute atomic E-state index is 0.189. The number of carbonyl (C=O) groups is 3. The van der Waals surface area contributed by atoms with E-state index in [-0.39, 0.29) is 24.0 Å². The molecule has 0 atom stereocenters. The Hall–Kier alpha value is -2.61. The van der Waals surface area contributed by atoms with Gasteiger partial charge in [0.05, 0.1) is 18.9 Å². The number of thiophene rings is 1. The fraction of sp³-hybridized carbons (Fsp3) is 0.421. The summed E-state index contributed by atoms with van der Waals surface area (Å²) >= 11 is 1.46. The standard InChI is InChI=1S/C19H22N2O5S/c1-25-19(24)16-12-6-2-3-8-14(12)27-18(16)21-15(22)9-4-10-20-17(23)13-7-5-11-26-13/h5,7,11H,2-4,6,8-10H2,1H3,(H,20,23)(H,21,22). The molecule has 0 radical (unpaired) electrons. The van der Waals surface area contributed by atoms with Gasteiger partial charge in [-0.1, -0.05) is 0 Å². The van der Waals surface area contributed by atoms with Crippen LogP contribution in [0.4, 0.5) is 5.00 Å². The van der Waals surface area contributed by atoms with Gasteiger partial charge >= 0.3 is 5.97 Å². The first kappa shape index (κ1) is 19.2. The molecule has 1 aliphatic rings. The van der Waals surface area contributed by atoms with Crippen molar-refractivity contribution in [2.75, 3.05) is 19.0 Å².